The Hall–Kier alpha value is -1.75. The van der Waals surface area contributed by atoms with Crippen LogP contribution in [0.15, 0.2) is 54.7 Å². The number of carbonyl (C=O) groups excluding carboxylic acids is 1. The standard InChI is InChI=1S/C17H12INO/c1-11-8-13(10-14(18)9-11)17(20)16-15-5-3-2-4-12(15)6-7-19-16/h2-10H,1H3. The van der Waals surface area contributed by atoms with Gasteiger partial charge in [-0.15, -0.1) is 0 Å². The minimum absolute atomic E-state index is 0.0246. The van der Waals surface area contributed by atoms with Crippen molar-refractivity contribution in [3.05, 3.63) is 75.1 Å². The number of fused-ring (bicyclic) bond motifs is 1. The zero-order chi connectivity index (χ0) is 14.1. The van der Waals surface area contributed by atoms with Crippen molar-refractivity contribution in [3.8, 4) is 0 Å². The van der Waals surface area contributed by atoms with Gasteiger partial charge in [-0.1, -0.05) is 24.3 Å². The Morgan fingerprint density at radius 2 is 1.90 bits per heavy atom. The smallest absolute Gasteiger partial charge is 0.212 e. The molecule has 20 heavy (non-hydrogen) atoms. The highest BCUT2D eigenvalue weighted by molar-refractivity contribution is 14.1. The molecule has 0 unspecified atom stereocenters. The van der Waals surface area contributed by atoms with Gasteiger partial charge in [-0.05, 0) is 64.7 Å². The second-order valence-electron chi connectivity index (χ2n) is 4.73. The minimum atomic E-state index is -0.0246. The summed E-state index contributed by atoms with van der Waals surface area (Å²) >= 11 is 2.23. The lowest BCUT2D eigenvalue weighted by Crippen LogP contribution is -2.05. The summed E-state index contributed by atoms with van der Waals surface area (Å²) in [6.45, 7) is 2.00. The highest BCUT2D eigenvalue weighted by atomic mass is 127. The molecule has 0 saturated carbocycles. The summed E-state index contributed by atoms with van der Waals surface area (Å²) in [5.74, 6) is -0.0246. The van der Waals surface area contributed by atoms with Crippen molar-refractivity contribution < 1.29 is 4.79 Å². The van der Waals surface area contributed by atoms with E-state index < -0.39 is 0 Å². The van der Waals surface area contributed by atoms with Crippen molar-refractivity contribution in [2.45, 2.75) is 6.92 Å². The Morgan fingerprint density at radius 1 is 1.10 bits per heavy atom. The Kier molecular flexibility index (Phi) is 3.53. The minimum Gasteiger partial charge on any atom is -0.287 e. The van der Waals surface area contributed by atoms with Crippen LogP contribution in [0.1, 0.15) is 21.6 Å². The third-order valence-electron chi connectivity index (χ3n) is 3.19. The summed E-state index contributed by atoms with van der Waals surface area (Å²) < 4.78 is 1.06. The van der Waals surface area contributed by atoms with Crippen molar-refractivity contribution in [2.75, 3.05) is 0 Å². The first-order chi connectivity index (χ1) is 9.65. The third kappa shape index (κ3) is 2.45. The normalized spacial score (nSPS) is 10.7. The van der Waals surface area contributed by atoms with Crippen LogP contribution in [0.4, 0.5) is 0 Å². The number of nitrogens with zero attached hydrogens (tertiary/aromatic N) is 1. The molecule has 0 aliphatic heterocycles. The van der Waals surface area contributed by atoms with Crippen LogP contribution < -0.4 is 0 Å². The molecule has 0 amide bonds. The molecule has 3 heteroatoms. The second kappa shape index (κ2) is 5.32. The molecule has 0 spiro atoms. The number of aryl methyl sites for hydroxylation is 1. The molecule has 1 aromatic heterocycles. The topological polar surface area (TPSA) is 30.0 Å². The van der Waals surface area contributed by atoms with E-state index in [9.17, 15) is 4.79 Å². The summed E-state index contributed by atoms with van der Waals surface area (Å²) in [5.41, 5.74) is 2.29. The molecular weight excluding hydrogens is 361 g/mol. The fraction of sp³-hybridized carbons (Fsp3) is 0.0588. The maximum atomic E-state index is 12.7. The number of benzene rings is 2. The molecule has 3 rings (SSSR count). The van der Waals surface area contributed by atoms with E-state index in [1.165, 1.54) is 0 Å². The Balaban J connectivity index is 2.17. The average Bonchev–Trinajstić information content (AvgIpc) is 2.45. The van der Waals surface area contributed by atoms with Gasteiger partial charge in [0.05, 0.1) is 0 Å². The van der Waals surface area contributed by atoms with Crippen molar-refractivity contribution in [1.82, 2.24) is 4.98 Å². The highest BCUT2D eigenvalue weighted by Gasteiger charge is 2.14. The van der Waals surface area contributed by atoms with E-state index in [4.69, 9.17) is 0 Å². The number of pyridine rings is 1. The van der Waals surface area contributed by atoms with Gasteiger partial charge in [-0.2, -0.15) is 0 Å². The zero-order valence-corrected chi connectivity index (χ0v) is 13.1. The first-order valence-corrected chi connectivity index (χ1v) is 7.39. The van der Waals surface area contributed by atoms with Gasteiger partial charge in [0, 0.05) is 20.7 Å². The van der Waals surface area contributed by atoms with E-state index in [0.717, 1.165) is 19.9 Å². The fourth-order valence-electron chi connectivity index (χ4n) is 2.30. The number of rotatable bonds is 2. The summed E-state index contributed by atoms with van der Waals surface area (Å²) in [6, 6.07) is 15.6. The Morgan fingerprint density at radius 3 is 2.70 bits per heavy atom. The van der Waals surface area contributed by atoms with E-state index in [1.807, 2.05) is 55.5 Å². The number of aromatic nitrogens is 1. The van der Waals surface area contributed by atoms with E-state index in [1.54, 1.807) is 6.20 Å². The molecule has 0 saturated heterocycles. The summed E-state index contributed by atoms with van der Waals surface area (Å²) in [7, 11) is 0. The molecular formula is C17H12INO. The highest BCUT2D eigenvalue weighted by Crippen LogP contribution is 2.21. The van der Waals surface area contributed by atoms with Crippen molar-refractivity contribution in [1.29, 1.82) is 0 Å². The second-order valence-corrected chi connectivity index (χ2v) is 5.97. The molecule has 2 aromatic carbocycles. The number of halogens is 1. The molecule has 0 atom stereocenters. The average molecular weight is 373 g/mol. The van der Waals surface area contributed by atoms with Gasteiger partial charge in [-0.3, -0.25) is 9.78 Å². The van der Waals surface area contributed by atoms with E-state index in [0.29, 0.717) is 11.3 Å². The van der Waals surface area contributed by atoms with Crippen LogP contribution in [0.2, 0.25) is 0 Å². The number of carbonyl (C=O) groups is 1. The van der Waals surface area contributed by atoms with Crippen LogP contribution in [0.5, 0.6) is 0 Å². The van der Waals surface area contributed by atoms with E-state index >= 15 is 0 Å². The summed E-state index contributed by atoms with van der Waals surface area (Å²) in [4.78, 5) is 17.0. The molecule has 0 aliphatic carbocycles. The van der Waals surface area contributed by atoms with Crippen LogP contribution >= 0.6 is 22.6 Å². The molecule has 0 bridgehead atoms. The molecule has 0 aliphatic rings. The molecule has 0 radical (unpaired) electrons. The van der Waals surface area contributed by atoms with Gasteiger partial charge in [0.15, 0.2) is 0 Å². The predicted molar refractivity (Wildman–Crippen MR) is 89.1 cm³/mol. The molecule has 3 aromatic rings. The maximum absolute atomic E-state index is 12.7. The SMILES string of the molecule is Cc1cc(I)cc(C(=O)c2nccc3ccccc23)c1. The Labute approximate surface area is 131 Å². The lowest BCUT2D eigenvalue weighted by molar-refractivity contribution is 0.103. The first kappa shape index (κ1) is 13.2. The number of hydrogen-bond donors (Lipinski definition) is 0. The van der Waals surface area contributed by atoms with Crippen LogP contribution in [0, 0.1) is 10.5 Å². The van der Waals surface area contributed by atoms with Gasteiger partial charge in [-0.25, -0.2) is 0 Å². The van der Waals surface area contributed by atoms with Crippen molar-refractivity contribution >= 4 is 39.1 Å². The lowest BCUT2D eigenvalue weighted by Gasteiger charge is -2.06. The van der Waals surface area contributed by atoms with Gasteiger partial charge in [0.1, 0.15) is 5.69 Å². The van der Waals surface area contributed by atoms with E-state index in [-0.39, 0.29) is 5.78 Å². The van der Waals surface area contributed by atoms with Crippen LogP contribution in [-0.4, -0.2) is 10.8 Å². The molecule has 2 nitrogen and oxygen atoms in total. The van der Waals surface area contributed by atoms with Crippen LogP contribution in [0.3, 0.4) is 0 Å². The first-order valence-electron chi connectivity index (χ1n) is 6.31. The quantitative estimate of drug-likeness (QED) is 0.493. The van der Waals surface area contributed by atoms with Gasteiger partial charge in [0.25, 0.3) is 0 Å². The zero-order valence-electron chi connectivity index (χ0n) is 10.9. The third-order valence-corrected chi connectivity index (χ3v) is 3.82. The number of ketones is 1. The van der Waals surface area contributed by atoms with Crippen LogP contribution in [-0.2, 0) is 0 Å². The predicted octanol–water partition coefficient (Wildman–Crippen LogP) is 4.38. The number of hydrogen-bond acceptors (Lipinski definition) is 2. The van der Waals surface area contributed by atoms with Gasteiger partial charge >= 0.3 is 0 Å². The Bertz CT molecular complexity index is 785. The summed E-state index contributed by atoms with van der Waals surface area (Å²) in [6.07, 6.45) is 1.69. The maximum Gasteiger partial charge on any atom is 0.212 e. The van der Waals surface area contributed by atoms with Crippen molar-refractivity contribution in [3.63, 3.8) is 0 Å². The molecule has 98 valence electrons. The fourth-order valence-corrected chi connectivity index (χ4v) is 3.13. The van der Waals surface area contributed by atoms with Crippen LogP contribution in [0.25, 0.3) is 10.8 Å². The molecule has 1 heterocycles. The molecule has 0 N–H and O–H groups in total. The largest absolute Gasteiger partial charge is 0.287 e. The lowest BCUT2D eigenvalue weighted by atomic mass is 10.0. The van der Waals surface area contributed by atoms with E-state index in [2.05, 4.69) is 27.6 Å². The monoisotopic (exact) mass is 373 g/mol. The molecule has 0 fully saturated rings. The summed E-state index contributed by atoms with van der Waals surface area (Å²) in [5, 5.41) is 1.93. The van der Waals surface area contributed by atoms with Gasteiger partial charge in [0.2, 0.25) is 5.78 Å². The van der Waals surface area contributed by atoms with Gasteiger partial charge < -0.3 is 0 Å². The van der Waals surface area contributed by atoms with Crippen molar-refractivity contribution in [2.24, 2.45) is 0 Å².